The number of rotatable bonds is 4. The van der Waals surface area contributed by atoms with Gasteiger partial charge in [-0.1, -0.05) is 0 Å². The predicted molar refractivity (Wildman–Crippen MR) is 70.1 cm³/mol. The van der Waals surface area contributed by atoms with Gasteiger partial charge in [0.25, 0.3) is 0 Å². The molecule has 0 unspecified atom stereocenters. The quantitative estimate of drug-likeness (QED) is 0.834. The third-order valence-electron chi connectivity index (χ3n) is 3.40. The first-order valence-corrected chi connectivity index (χ1v) is 7.05. The summed E-state index contributed by atoms with van der Waals surface area (Å²) in [6.07, 6.45) is 0.636. The van der Waals surface area contributed by atoms with Crippen molar-refractivity contribution in [1.82, 2.24) is 9.88 Å². The number of aliphatic hydroxyl groups excluding tert-OH is 1. The predicted octanol–water partition coefficient (Wildman–Crippen LogP) is 0.510. The molecule has 1 aromatic heterocycles. The second kappa shape index (κ2) is 5.77. The lowest BCUT2D eigenvalue weighted by Gasteiger charge is -2.32. The number of carbonyl (C=O) groups is 1. The molecule has 0 saturated carbocycles. The molecule has 2 rings (SSSR count). The van der Waals surface area contributed by atoms with Gasteiger partial charge in [-0.2, -0.15) is 0 Å². The van der Waals surface area contributed by atoms with E-state index in [0.29, 0.717) is 0 Å². The highest BCUT2D eigenvalue weighted by molar-refractivity contribution is 7.09. The number of hydrogen-bond donors (Lipinski definition) is 2. The zero-order chi connectivity index (χ0) is 13.1. The molecule has 1 fully saturated rings. The number of amides is 1. The summed E-state index contributed by atoms with van der Waals surface area (Å²) in [7, 11) is 0. The van der Waals surface area contributed by atoms with E-state index >= 15 is 0 Å². The van der Waals surface area contributed by atoms with Crippen LogP contribution in [0.5, 0.6) is 0 Å². The molecule has 0 radical (unpaired) electrons. The van der Waals surface area contributed by atoms with Crippen LogP contribution in [-0.4, -0.2) is 40.1 Å². The van der Waals surface area contributed by atoms with E-state index in [0.717, 1.165) is 43.2 Å². The van der Waals surface area contributed by atoms with Crippen molar-refractivity contribution in [2.45, 2.75) is 32.4 Å². The molecule has 1 saturated heterocycles. The highest BCUT2D eigenvalue weighted by atomic mass is 32.1. The highest BCUT2D eigenvalue weighted by Crippen LogP contribution is 2.22. The maximum absolute atomic E-state index is 10.9. The van der Waals surface area contributed by atoms with E-state index in [1.807, 2.05) is 6.92 Å². The Hall–Kier alpha value is -0.980. The average Bonchev–Trinajstić information content (AvgIpc) is 2.75. The lowest BCUT2D eigenvalue weighted by molar-refractivity contribution is -0.129. The molecule has 5 nitrogen and oxygen atoms in total. The maximum atomic E-state index is 10.9. The van der Waals surface area contributed by atoms with Crippen LogP contribution < -0.4 is 5.73 Å². The Bertz CT molecular complexity index is 413. The van der Waals surface area contributed by atoms with Gasteiger partial charge in [0.05, 0.1) is 6.54 Å². The van der Waals surface area contributed by atoms with Gasteiger partial charge >= 0.3 is 0 Å². The zero-order valence-electron chi connectivity index (χ0n) is 10.5. The van der Waals surface area contributed by atoms with E-state index in [-0.39, 0.29) is 5.92 Å². The highest BCUT2D eigenvalue weighted by Gasteiger charge is 2.28. The van der Waals surface area contributed by atoms with Crippen molar-refractivity contribution >= 4 is 17.2 Å². The molecule has 0 aliphatic carbocycles. The number of aryl methyl sites for hydroxylation is 1. The van der Waals surface area contributed by atoms with Crippen LogP contribution >= 0.6 is 11.3 Å². The molecule has 3 N–H and O–H groups in total. The number of nitrogens with two attached hydrogens (primary N) is 1. The zero-order valence-corrected chi connectivity index (χ0v) is 11.3. The Kier molecular flexibility index (Phi) is 4.31. The Labute approximate surface area is 111 Å². The summed E-state index contributed by atoms with van der Waals surface area (Å²) in [6, 6.07) is 0. The number of thiazole rings is 1. The number of piperidine rings is 1. The summed E-state index contributed by atoms with van der Waals surface area (Å²) in [5.74, 6) is -0.597. The van der Waals surface area contributed by atoms with Crippen LogP contribution in [0.4, 0.5) is 0 Å². The monoisotopic (exact) mass is 269 g/mol. The van der Waals surface area contributed by atoms with E-state index in [1.54, 1.807) is 11.3 Å². The number of nitrogens with zero attached hydrogens (tertiary/aromatic N) is 2. The van der Waals surface area contributed by atoms with Crippen molar-refractivity contribution < 1.29 is 9.90 Å². The molecule has 0 spiro atoms. The standard InChI is InChI=1S/C12H19N3O2S/c1-8-7-18-10(14-8)6-15-4-2-9(3-5-15)11(16)12(13)17/h7,9,11,16H,2-6H2,1H3,(H2,13,17)/t11-/m1/s1. The van der Waals surface area contributed by atoms with Crippen molar-refractivity contribution in [2.24, 2.45) is 11.7 Å². The number of aromatic nitrogens is 1. The average molecular weight is 269 g/mol. The first kappa shape index (κ1) is 13.5. The maximum Gasteiger partial charge on any atom is 0.246 e. The van der Waals surface area contributed by atoms with E-state index in [4.69, 9.17) is 5.73 Å². The minimum atomic E-state index is -0.991. The summed E-state index contributed by atoms with van der Waals surface area (Å²) in [6.45, 7) is 4.62. The van der Waals surface area contributed by atoms with Gasteiger partial charge in [-0.25, -0.2) is 4.98 Å². The number of primary amides is 1. The lowest BCUT2D eigenvalue weighted by Crippen LogP contribution is -2.42. The minimum Gasteiger partial charge on any atom is -0.383 e. The van der Waals surface area contributed by atoms with Crippen molar-refractivity contribution in [3.8, 4) is 0 Å². The number of carbonyl (C=O) groups excluding carboxylic acids is 1. The van der Waals surface area contributed by atoms with Gasteiger partial charge in [0.1, 0.15) is 11.1 Å². The van der Waals surface area contributed by atoms with Gasteiger partial charge in [0.2, 0.25) is 5.91 Å². The van der Waals surface area contributed by atoms with Crippen molar-refractivity contribution in [1.29, 1.82) is 0 Å². The van der Waals surface area contributed by atoms with Gasteiger partial charge in [-0.05, 0) is 38.8 Å². The fraction of sp³-hybridized carbons (Fsp3) is 0.667. The largest absolute Gasteiger partial charge is 0.383 e. The fourth-order valence-corrected chi connectivity index (χ4v) is 3.14. The Morgan fingerprint density at radius 1 is 1.67 bits per heavy atom. The topological polar surface area (TPSA) is 79.5 Å². The Morgan fingerprint density at radius 3 is 2.83 bits per heavy atom. The minimum absolute atomic E-state index is 0.0109. The number of likely N-dealkylation sites (tertiary alicyclic amines) is 1. The SMILES string of the molecule is Cc1csc(CN2CCC([C@@H](O)C(N)=O)CC2)n1. The van der Waals surface area contributed by atoms with Crippen LogP contribution in [0.3, 0.4) is 0 Å². The van der Waals surface area contributed by atoms with Crippen molar-refractivity contribution in [2.75, 3.05) is 13.1 Å². The molecule has 1 aromatic rings. The molecular formula is C12H19N3O2S. The van der Waals surface area contributed by atoms with Gasteiger partial charge < -0.3 is 10.8 Å². The smallest absolute Gasteiger partial charge is 0.246 e. The molecule has 0 aromatic carbocycles. The molecule has 1 aliphatic rings. The van der Waals surface area contributed by atoms with E-state index in [1.165, 1.54) is 0 Å². The summed E-state index contributed by atoms with van der Waals surface area (Å²) >= 11 is 1.68. The van der Waals surface area contributed by atoms with E-state index < -0.39 is 12.0 Å². The van der Waals surface area contributed by atoms with Gasteiger partial charge in [-0.15, -0.1) is 11.3 Å². The lowest BCUT2D eigenvalue weighted by atomic mass is 9.91. The molecule has 100 valence electrons. The molecule has 6 heteroatoms. The molecule has 18 heavy (non-hydrogen) atoms. The Morgan fingerprint density at radius 2 is 2.33 bits per heavy atom. The summed E-state index contributed by atoms with van der Waals surface area (Å²) < 4.78 is 0. The molecule has 1 atom stereocenters. The van der Waals surface area contributed by atoms with Gasteiger partial charge in [0.15, 0.2) is 0 Å². The summed E-state index contributed by atoms with van der Waals surface area (Å²) in [5, 5.41) is 12.8. The third kappa shape index (κ3) is 3.28. The number of hydrogen-bond acceptors (Lipinski definition) is 5. The first-order valence-electron chi connectivity index (χ1n) is 6.17. The van der Waals surface area contributed by atoms with E-state index in [9.17, 15) is 9.90 Å². The molecular weight excluding hydrogens is 250 g/mol. The Balaban J connectivity index is 1.81. The van der Waals surface area contributed by atoms with Crippen LogP contribution in [0.25, 0.3) is 0 Å². The van der Waals surface area contributed by atoms with E-state index in [2.05, 4.69) is 15.3 Å². The van der Waals surface area contributed by atoms with Crippen molar-refractivity contribution in [3.05, 3.63) is 16.1 Å². The third-order valence-corrected chi connectivity index (χ3v) is 4.35. The van der Waals surface area contributed by atoms with Crippen molar-refractivity contribution in [3.63, 3.8) is 0 Å². The molecule has 2 heterocycles. The normalized spacial score (nSPS) is 19.9. The van der Waals surface area contributed by atoms with Crippen LogP contribution in [0.2, 0.25) is 0 Å². The first-order chi connectivity index (χ1) is 8.56. The second-order valence-electron chi connectivity index (χ2n) is 4.84. The van der Waals surface area contributed by atoms with Crippen LogP contribution in [0.1, 0.15) is 23.5 Å². The molecule has 0 bridgehead atoms. The van der Waals surface area contributed by atoms with Gasteiger partial charge in [-0.3, -0.25) is 9.69 Å². The second-order valence-corrected chi connectivity index (χ2v) is 5.79. The van der Waals surface area contributed by atoms with Crippen LogP contribution in [0.15, 0.2) is 5.38 Å². The fourth-order valence-electron chi connectivity index (χ4n) is 2.33. The molecule has 1 amide bonds. The summed E-state index contributed by atoms with van der Waals surface area (Å²) in [4.78, 5) is 17.7. The van der Waals surface area contributed by atoms with Crippen LogP contribution in [-0.2, 0) is 11.3 Å². The molecule has 1 aliphatic heterocycles. The van der Waals surface area contributed by atoms with Crippen LogP contribution in [0, 0.1) is 12.8 Å². The van der Waals surface area contributed by atoms with Gasteiger partial charge in [0, 0.05) is 11.1 Å². The number of aliphatic hydroxyl groups is 1. The summed E-state index contributed by atoms with van der Waals surface area (Å²) in [5.41, 5.74) is 6.18.